The Morgan fingerprint density at radius 2 is 1.53 bits per heavy atom. The van der Waals surface area contributed by atoms with E-state index in [4.69, 9.17) is 14.2 Å². The largest absolute Gasteiger partial charge is 0.497 e. The van der Waals surface area contributed by atoms with Crippen LogP contribution in [-0.4, -0.2) is 24.4 Å². The SMILES string of the molecule is CCCCCCCCOc1c(OC(C)C)c2ccc(OC)cc2n(CCCCCC)c1=O. The van der Waals surface area contributed by atoms with Crippen molar-refractivity contribution >= 4 is 10.9 Å². The quantitative estimate of drug-likeness (QED) is 0.258. The van der Waals surface area contributed by atoms with Gasteiger partial charge in [0.2, 0.25) is 5.75 Å². The fraction of sp³-hybridized carbons (Fsp3) is 0.667. The van der Waals surface area contributed by atoms with Gasteiger partial charge >= 0.3 is 0 Å². The number of methoxy groups -OCH3 is 1. The number of nitrogens with zero attached hydrogens (tertiary/aromatic N) is 1. The maximum Gasteiger partial charge on any atom is 0.297 e. The molecule has 0 bridgehead atoms. The molecule has 1 aromatic carbocycles. The van der Waals surface area contributed by atoms with Gasteiger partial charge in [0.25, 0.3) is 5.56 Å². The molecule has 0 amide bonds. The first kappa shape index (κ1) is 26.1. The van der Waals surface area contributed by atoms with Crippen LogP contribution >= 0.6 is 0 Å². The molecule has 5 heteroatoms. The lowest BCUT2D eigenvalue weighted by Gasteiger charge is -2.20. The molecule has 0 atom stereocenters. The molecule has 0 aliphatic rings. The Hall–Kier alpha value is -2.17. The summed E-state index contributed by atoms with van der Waals surface area (Å²) in [7, 11) is 1.65. The minimum atomic E-state index is -0.108. The topological polar surface area (TPSA) is 49.7 Å². The molecule has 0 saturated heterocycles. The van der Waals surface area contributed by atoms with Crippen molar-refractivity contribution < 1.29 is 14.2 Å². The van der Waals surface area contributed by atoms with E-state index < -0.39 is 0 Å². The van der Waals surface area contributed by atoms with Crippen LogP contribution in [0.2, 0.25) is 0 Å². The van der Waals surface area contributed by atoms with Crippen LogP contribution < -0.4 is 19.8 Å². The number of aryl methyl sites for hydroxylation is 1. The van der Waals surface area contributed by atoms with Gasteiger partial charge in [-0.25, -0.2) is 0 Å². The highest BCUT2D eigenvalue weighted by Gasteiger charge is 2.21. The lowest BCUT2D eigenvalue weighted by molar-refractivity contribution is 0.219. The number of aromatic nitrogens is 1. The van der Waals surface area contributed by atoms with E-state index in [1.165, 1.54) is 32.1 Å². The summed E-state index contributed by atoms with van der Waals surface area (Å²) in [6.45, 7) is 9.57. The maximum absolute atomic E-state index is 13.6. The van der Waals surface area contributed by atoms with E-state index in [1.807, 2.05) is 36.6 Å². The number of hydrogen-bond donors (Lipinski definition) is 0. The van der Waals surface area contributed by atoms with E-state index in [1.54, 1.807) is 7.11 Å². The molecule has 0 aliphatic carbocycles. The second-order valence-electron chi connectivity index (χ2n) is 8.84. The molecule has 0 saturated carbocycles. The lowest BCUT2D eigenvalue weighted by atomic mass is 10.1. The van der Waals surface area contributed by atoms with E-state index in [-0.39, 0.29) is 11.7 Å². The van der Waals surface area contributed by atoms with Crippen LogP contribution in [-0.2, 0) is 6.54 Å². The Morgan fingerprint density at radius 3 is 2.19 bits per heavy atom. The Kier molecular flexibility index (Phi) is 11.5. The Labute approximate surface area is 194 Å². The second kappa shape index (κ2) is 14.1. The van der Waals surface area contributed by atoms with Gasteiger partial charge < -0.3 is 18.8 Å². The first-order valence-electron chi connectivity index (χ1n) is 12.6. The average molecular weight is 446 g/mol. The number of rotatable bonds is 16. The van der Waals surface area contributed by atoms with Gasteiger partial charge in [-0.15, -0.1) is 0 Å². The number of pyridine rings is 1. The molecule has 2 rings (SSSR count). The molecule has 180 valence electrons. The normalized spacial score (nSPS) is 11.3. The average Bonchev–Trinajstić information content (AvgIpc) is 2.78. The molecule has 32 heavy (non-hydrogen) atoms. The molecule has 2 aromatic rings. The summed E-state index contributed by atoms with van der Waals surface area (Å²) >= 11 is 0. The van der Waals surface area contributed by atoms with Gasteiger partial charge in [-0.1, -0.05) is 65.2 Å². The predicted octanol–water partition coefficient (Wildman–Crippen LogP) is 7.12. The molecule has 1 heterocycles. The molecular weight excluding hydrogens is 402 g/mol. The Balaban J connectivity index is 2.38. The molecule has 0 unspecified atom stereocenters. The minimum Gasteiger partial charge on any atom is -0.497 e. The summed E-state index contributed by atoms with van der Waals surface area (Å²) in [6, 6.07) is 5.83. The summed E-state index contributed by atoms with van der Waals surface area (Å²) in [5.74, 6) is 1.63. The first-order valence-corrected chi connectivity index (χ1v) is 12.6. The summed E-state index contributed by atoms with van der Waals surface area (Å²) in [5, 5.41) is 0.896. The van der Waals surface area contributed by atoms with Crippen LogP contribution in [0, 0.1) is 0 Å². The first-order chi connectivity index (χ1) is 15.5. The highest BCUT2D eigenvalue weighted by Crippen LogP contribution is 2.35. The Morgan fingerprint density at radius 1 is 0.875 bits per heavy atom. The van der Waals surface area contributed by atoms with Crippen molar-refractivity contribution in [2.75, 3.05) is 13.7 Å². The highest BCUT2D eigenvalue weighted by atomic mass is 16.5. The fourth-order valence-corrected chi connectivity index (χ4v) is 3.96. The second-order valence-corrected chi connectivity index (χ2v) is 8.84. The van der Waals surface area contributed by atoms with E-state index in [9.17, 15) is 4.79 Å². The Bertz CT molecular complexity index is 872. The monoisotopic (exact) mass is 445 g/mol. The molecular formula is C27H43NO4. The standard InChI is InChI=1S/C27H43NO4/c1-6-8-10-12-13-15-19-31-26-25(32-21(3)4)23-17-16-22(30-5)20-24(23)28(27(26)29)18-14-11-9-7-2/h16-17,20-21H,6-15,18-19H2,1-5H3. The molecule has 0 radical (unpaired) electrons. The minimum absolute atomic E-state index is 0.0588. The van der Waals surface area contributed by atoms with E-state index in [0.717, 1.165) is 48.8 Å². The van der Waals surface area contributed by atoms with Crippen molar-refractivity contribution in [3.8, 4) is 17.2 Å². The number of hydrogen-bond acceptors (Lipinski definition) is 4. The van der Waals surface area contributed by atoms with E-state index in [0.29, 0.717) is 24.7 Å². The van der Waals surface area contributed by atoms with Crippen LogP contribution in [0.5, 0.6) is 17.2 Å². The zero-order valence-corrected chi connectivity index (χ0v) is 20.9. The molecule has 1 aromatic heterocycles. The van der Waals surface area contributed by atoms with Gasteiger partial charge in [-0.3, -0.25) is 4.79 Å². The van der Waals surface area contributed by atoms with Crippen molar-refractivity contribution in [1.82, 2.24) is 4.57 Å². The summed E-state index contributed by atoms with van der Waals surface area (Å²) < 4.78 is 19.5. The van der Waals surface area contributed by atoms with E-state index >= 15 is 0 Å². The molecule has 0 N–H and O–H groups in total. The summed E-state index contributed by atoms with van der Waals surface area (Å²) in [5.41, 5.74) is 0.734. The lowest BCUT2D eigenvalue weighted by Crippen LogP contribution is -2.25. The van der Waals surface area contributed by atoms with Crippen LogP contribution in [0.1, 0.15) is 91.9 Å². The molecule has 0 aliphatic heterocycles. The fourth-order valence-electron chi connectivity index (χ4n) is 3.96. The summed E-state index contributed by atoms with van der Waals surface area (Å²) in [4.78, 5) is 13.6. The smallest absolute Gasteiger partial charge is 0.297 e. The third-order valence-corrected chi connectivity index (χ3v) is 5.72. The van der Waals surface area contributed by atoms with Crippen molar-refractivity contribution in [3.63, 3.8) is 0 Å². The molecule has 0 fully saturated rings. The zero-order valence-electron chi connectivity index (χ0n) is 20.9. The number of fused-ring (bicyclic) bond motifs is 1. The predicted molar refractivity (Wildman–Crippen MR) is 134 cm³/mol. The van der Waals surface area contributed by atoms with Gasteiger partial charge in [0.1, 0.15) is 5.75 Å². The molecule has 5 nitrogen and oxygen atoms in total. The maximum atomic E-state index is 13.6. The van der Waals surface area contributed by atoms with Crippen molar-refractivity contribution in [1.29, 1.82) is 0 Å². The van der Waals surface area contributed by atoms with Crippen LogP contribution in [0.15, 0.2) is 23.0 Å². The van der Waals surface area contributed by atoms with Gasteiger partial charge in [0.15, 0.2) is 5.75 Å². The van der Waals surface area contributed by atoms with Gasteiger partial charge in [0, 0.05) is 18.0 Å². The van der Waals surface area contributed by atoms with Gasteiger partial charge in [0.05, 0.1) is 25.3 Å². The van der Waals surface area contributed by atoms with Crippen LogP contribution in [0.3, 0.4) is 0 Å². The highest BCUT2D eigenvalue weighted by molar-refractivity contribution is 5.89. The van der Waals surface area contributed by atoms with Gasteiger partial charge in [-0.2, -0.15) is 0 Å². The van der Waals surface area contributed by atoms with Crippen molar-refractivity contribution in [2.45, 2.75) is 105 Å². The number of unbranched alkanes of at least 4 members (excludes halogenated alkanes) is 8. The van der Waals surface area contributed by atoms with Gasteiger partial charge in [-0.05, 0) is 38.8 Å². The van der Waals surface area contributed by atoms with Crippen LogP contribution in [0.25, 0.3) is 10.9 Å². The van der Waals surface area contributed by atoms with Crippen molar-refractivity contribution in [2.24, 2.45) is 0 Å². The number of benzene rings is 1. The molecule has 0 spiro atoms. The van der Waals surface area contributed by atoms with Crippen molar-refractivity contribution in [3.05, 3.63) is 28.6 Å². The van der Waals surface area contributed by atoms with E-state index in [2.05, 4.69) is 13.8 Å². The number of ether oxygens (including phenoxy) is 3. The third kappa shape index (κ3) is 7.46. The third-order valence-electron chi connectivity index (χ3n) is 5.72. The van der Waals surface area contributed by atoms with Crippen LogP contribution in [0.4, 0.5) is 0 Å². The summed E-state index contributed by atoms with van der Waals surface area (Å²) in [6.07, 6.45) is 11.4. The zero-order chi connectivity index (χ0) is 23.3.